The third kappa shape index (κ3) is 5.29. The number of benzene rings is 1. The molecule has 36 heavy (non-hydrogen) atoms. The average molecular weight is 489 g/mol. The van der Waals surface area contributed by atoms with E-state index in [1.165, 1.54) is 6.33 Å². The lowest BCUT2D eigenvalue weighted by atomic mass is 10.1. The van der Waals surface area contributed by atoms with E-state index in [1.807, 2.05) is 40.9 Å². The van der Waals surface area contributed by atoms with Crippen LogP contribution in [0.5, 0.6) is 11.5 Å². The molecular weight excluding hydrogens is 456 g/mol. The zero-order valence-electron chi connectivity index (χ0n) is 21.4. The molecule has 0 bridgehead atoms. The molecule has 0 atom stereocenters. The van der Waals surface area contributed by atoms with Gasteiger partial charge in [-0.1, -0.05) is 17.9 Å². The van der Waals surface area contributed by atoms with Crippen molar-refractivity contribution in [3.05, 3.63) is 54.0 Å². The van der Waals surface area contributed by atoms with Crippen LogP contribution in [0.4, 0.5) is 5.82 Å². The van der Waals surface area contributed by atoms with Gasteiger partial charge >= 0.3 is 0 Å². The number of fused-ring (bicyclic) bond motifs is 1. The number of carbonyl (C=O) groups is 1. The maximum absolute atomic E-state index is 12.6. The van der Waals surface area contributed by atoms with Gasteiger partial charge in [0.25, 0.3) is 0 Å². The van der Waals surface area contributed by atoms with Crippen molar-refractivity contribution in [1.29, 1.82) is 0 Å². The first kappa shape index (κ1) is 25.1. The summed E-state index contributed by atoms with van der Waals surface area (Å²) in [6.07, 6.45) is 6.96. The second-order valence-electron chi connectivity index (χ2n) is 9.09. The number of carbonyl (C=O) groups excluding carboxylic acids is 1. The Morgan fingerprint density at radius 3 is 2.53 bits per heavy atom. The Kier molecular flexibility index (Phi) is 7.46. The lowest BCUT2D eigenvalue weighted by Crippen LogP contribution is -2.50. The third-order valence-electron chi connectivity index (χ3n) is 6.43. The summed E-state index contributed by atoms with van der Waals surface area (Å²) in [6, 6.07) is 6.00. The van der Waals surface area contributed by atoms with E-state index in [2.05, 4.69) is 40.6 Å². The molecule has 2 N–H and O–H groups in total. The predicted molar refractivity (Wildman–Crippen MR) is 140 cm³/mol. The molecule has 1 amide bonds. The van der Waals surface area contributed by atoms with E-state index in [-0.39, 0.29) is 11.9 Å². The predicted octanol–water partition coefficient (Wildman–Crippen LogP) is 2.71. The van der Waals surface area contributed by atoms with Crippen LogP contribution in [0.3, 0.4) is 0 Å². The van der Waals surface area contributed by atoms with Crippen molar-refractivity contribution >= 4 is 22.8 Å². The van der Waals surface area contributed by atoms with Crippen molar-refractivity contribution in [3.8, 4) is 23.3 Å². The number of amides is 1. The van der Waals surface area contributed by atoms with E-state index in [4.69, 9.17) is 15.2 Å². The van der Waals surface area contributed by atoms with Crippen LogP contribution in [0, 0.1) is 11.8 Å². The fraction of sp³-hybridized carbons (Fsp3) is 0.370. The van der Waals surface area contributed by atoms with Gasteiger partial charge in [-0.05, 0) is 33.0 Å². The second-order valence-corrected chi connectivity index (χ2v) is 9.09. The SMILES string of the molecule is COc1cc(C#Cc2cn(C3CN(C(=O)/C=C/CN(C)C(C)C)C3)c3ncnc(N)c23)cc(OC)c1. The number of nitrogen functional groups attached to an aromatic ring is 1. The van der Waals surface area contributed by atoms with E-state index in [9.17, 15) is 4.79 Å². The van der Waals surface area contributed by atoms with Gasteiger partial charge in [0.05, 0.1) is 31.2 Å². The molecule has 9 nitrogen and oxygen atoms in total. The van der Waals surface area contributed by atoms with Gasteiger partial charge in [0.2, 0.25) is 5.91 Å². The van der Waals surface area contributed by atoms with Crippen LogP contribution < -0.4 is 15.2 Å². The number of likely N-dealkylation sites (tertiary alicyclic amines) is 1. The molecular formula is C27H32N6O3. The van der Waals surface area contributed by atoms with Gasteiger partial charge in [-0.2, -0.15) is 0 Å². The highest BCUT2D eigenvalue weighted by molar-refractivity contribution is 5.93. The summed E-state index contributed by atoms with van der Waals surface area (Å²) in [5, 5.41) is 0.709. The van der Waals surface area contributed by atoms with Gasteiger partial charge in [0.1, 0.15) is 29.3 Å². The van der Waals surface area contributed by atoms with Crippen LogP contribution in [0.25, 0.3) is 11.0 Å². The van der Waals surface area contributed by atoms with Crippen LogP contribution in [0.15, 0.2) is 42.9 Å². The number of hydrogen-bond acceptors (Lipinski definition) is 7. The second kappa shape index (κ2) is 10.7. The van der Waals surface area contributed by atoms with Crippen LogP contribution in [0.1, 0.15) is 31.0 Å². The maximum atomic E-state index is 12.6. The normalized spacial score (nSPS) is 13.8. The van der Waals surface area contributed by atoms with Gasteiger partial charge in [0.15, 0.2) is 0 Å². The van der Waals surface area contributed by atoms with Crippen molar-refractivity contribution in [2.24, 2.45) is 0 Å². The van der Waals surface area contributed by atoms with Crippen molar-refractivity contribution in [2.75, 3.05) is 46.6 Å². The van der Waals surface area contributed by atoms with Gasteiger partial charge in [-0.3, -0.25) is 4.79 Å². The number of likely N-dealkylation sites (N-methyl/N-ethyl adjacent to an activating group) is 1. The summed E-state index contributed by atoms with van der Waals surface area (Å²) < 4.78 is 12.7. The number of nitrogens with two attached hydrogens (primary N) is 1. The van der Waals surface area contributed by atoms with E-state index >= 15 is 0 Å². The topological polar surface area (TPSA) is 98.7 Å². The zero-order chi connectivity index (χ0) is 25.8. The van der Waals surface area contributed by atoms with Gasteiger partial charge in [0, 0.05) is 49.6 Å². The molecule has 188 valence electrons. The number of methoxy groups -OCH3 is 2. The first-order valence-corrected chi connectivity index (χ1v) is 11.8. The highest BCUT2D eigenvalue weighted by Gasteiger charge is 2.32. The summed E-state index contributed by atoms with van der Waals surface area (Å²) in [5.41, 5.74) is 8.40. The summed E-state index contributed by atoms with van der Waals surface area (Å²) in [4.78, 5) is 25.2. The van der Waals surface area contributed by atoms with Crippen molar-refractivity contribution in [3.63, 3.8) is 0 Å². The molecule has 0 saturated carbocycles. The van der Waals surface area contributed by atoms with Crippen LogP contribution in [-0.2, 0) is 4.79 Å². The molecule has 9 heteroatoms. The molecule has 1 fully saturated rings. The molecule has 1 saturated heterocycles. The highest BCUT2D eigenvalue weighted by atomic mass is 16.5. The fourth-order valence-corrected chi connectivity index (χ4v) is 3.95. The van der Waals surface area contributed by atoms with Gasteiger partial charge < -0.3 is 29.6 Å². The molecule has 3 aromatic rings. The maximum Gasteiger partial charge on any atom is 0.246 e. The molecule has 2 aromatic heterocycles. The molecule has 0 aliphatic carbocycles. The fourth-order valence-electron chi connectivity index (χ4n) is 3.95. The Morgan fingerprint density at radius 1 is 1.19 bits per heavy atom. The third-order valence-corrected chi connectivity index (χ3v) is 6.43. The Labute approximate surface area is 211 Å². The molecule has 1 aliphatic rings. The zero-order valence-corrected chi connectivity index (χ0v) is 21.4. The summed E-state index contributed by atoms with van der Waals surface area (Å²) in [5.74, 6) is 8.09. The quantitative estimate of drug-likeness (QED) is 0.403. The van der Waals surface area contributed by atoms with E-state index < -0.39 is 0 Å². The molecule has 4 rings (SSSR count). The molecule has 1 aromatic carbocycles. The summed E-state index contributed by atoms with van der Waals surface area (Å²) in [6.45, 7) is 6.17. The molecule has 0 radical (unpaired) electrons. The molecule has 0 spiro atoms. The summed E-state index contributed by atoms with van der Waals surface area (Å²) >= 11 is 0. The number of ether oxygens (including phenoxy) is 2. The lowest BCUT2D eigenvalue weighted by molar-refractivity contribution is -0.131. The smallest absolute Gasteiger partial charge is 0.246 e. The largest absolute Gasteiger partial charge is 0.497 e. The van der Waals surface area contributed by atoms with Gasteiger partial charge in [-0.25, -0.2) is 9.97 Å². The number of rotatable bonds is 7. The molecule has 3 heterocycles. The Bertz CT molecular complexity index is 1320. The minimum absolute atomic E-state index is 0.0148. The number of aromatic nitrogens is 3. The molecule has 1 aliphatic heterocycles. The Morgan fingerprint density at radius 2 is 1.89 bits per heavy atom. The van der Waals surface area contributed by atoms with E-state index in [1.54, 1.807) is 26.4 Å². The number of nitrogens with zero attached hydrogens (tertiary/aromatic N) is 5. The van der Waals surface area contributed by atoms with Crippen molar-refractivity contribution in [2.45, 2.75) is 25.9 Å². The first-order chi connectivity index (χ1) is 17.3. The number of anilines is 1. The van der Waals surface area contributed by atoms with Crippen molar-refractivity contribution < 1.29 is 14.3 Å². The Balaban J connectivity index is 1.54. The van der Waals surface area contributed by atoms with E-state index in [0.29, 0.717) is 47.5 Å². The lowest BCUT2D eigenvalue weighted by Gasteiger charge is -2.39. The minimum atomic E-state index is 0.0148. The van der Waals surface area contributed by atoms with Crippen LogP contribution >= 0.6 is 0 Å². The van der Waals surface area contributed by atoms with Crippen molar-refractivity contribution in [1.82, 2.24) is 24.3 Å². The first-order valence-electron chi connectivity index (χ1n) is 11.8. The average Bonchev–Trinajstić information content (AvgIpc) is 3.20. The van der Waals surface area contributed by atoms with Gasteiger partial charge in [-0.15, -0.1) is 0 Å². The standard InChI is InChI=1S/C27H32N6O3/c1-18(2)31(3)10-6-7-24(34)32-15-21(16-32)33-14-20(25-26(28)29-17-30-27(25)33)9-8-19-11-22(35-4)13-23(12-19)36-5/h6-7,11-14,17-18,21H,10,15-16H2,1-5H3,(H2,28,29,30)/b7-6+. The summed E-state index contributed by atoms with van der Waals surface area (Å²) in [7, 11) is 5.24. The Hall–Kier alpha value is -4.03. The van der Waals surface area contributed by atoms with Crippen LogP contribution in [-0.4, -0.2) is 77.2 Å². The number of hydrogen-bond donors (Lipinski definition) is 1. The monoisotopic (exact) mass is 488 g/mol. The highest BCUT2D eigenvalue weighted by Crippen LogP contribution is 2.30. The minimum Gasteiger partial charge on any atom is -0.497 e. The van der Waals surface area contributed by atoms with Crippen LogP contribution in [0.2, 0.25) is 0 Å². The molecule has 0 unspecified atom stereocenters. The van der Waals surface area contributed by atoms with E-state index in [0.717, 1.165) is 17.7 Å².